The third-order valence-corrected chi connectivity index (χ3v) is 6.61. The first-order valence-corrected chi connectivity index (χ1v) is 12.1. The van der Waals surface area contributed by atoms with E-state index in [4.69, 9.17) is 0 Å². The van der Waals surface area contributed by atoms with Crippen molar-refractivity contribution in [2.75, 3.05) is 0 Å². The first-order valence-electron chi connectivity index (χ1n) is 12.1. The van der Waals surface area contributed by atoms with Crippen LogP contribution in [0.5, 0.6) is 0 Å². The highest BCUT2D eigenvalue weighted by atomic mass is 16.4. The molecule has 1 aromatic carbocycles. The van der Waals surface area contributed by atoms with Gasteiger partial charge in [0.2, 0.25) is 5.91 Å². The van der Waals surface area contributed by atoms with Crippen LogP contribution in [0.4, 0.5) is 0 Å². The highest BCUT2D eigenvalue weighted by Crippen LogP contribution is 2.22. The molecule has 5 nitrogen and oxygen atoms in total. The third-order valence-electron chi connectivity index (χ3n) is 6.61. The fourth-order valence-electron chi connectivity index (χ4n) is 4.70. The minimum absolute atomic E-state index is 0.284. The molecule has 1 atom stereocenters. The molecule has 1 amide bonds. The van der Waals surface area contributed by atoms with Crippen molar-refractivity contribution in [3.63, 3.8) is 0 Å². The average molecular weight is 427 g/mol. The van der Waals surface area contributed by atoms with Crippen molar-refractivity contribution >= 4 is 11.9 Å². The molecular formula is C26H38N2O3. The minimum atomic E-state index is -0.994. The summed E-state index contributed by atoms with van der Waals surface area (Å²) >= 11 is 0. The van der Waals surface area contributed by atoms with Crippen LogP contribution in [-0.4, -0.2) is 29.1 Å². The van der Waals surface area contributed by atoms with Crippen LogP contribution in [0.15, 0.2) is 35.9 Å². The van der Waals surface area contributed by atoms with Gasteiger partial charge in [-0.3, -0.25) is 4.79 Å². The van der Waals surface area contributed by atoms with Crippen molar-refractivity contribution in [2.45, 2.75) is 102 Å². The normalized spacial score (nSPS) is 19.2. The van der Waals surface area contributed by atoms with Gasteiger partial charge in [0, 0.05) is 25.1 Å². The van der Waals surface area contributed by atoms with Gasteiger partial charge >= 0.3 is 5.97 Å². The van der Waals surface area contributed by atoms with E-state index < -0.39 is 12.0 Å². The maximum atomic E-state index is 12.4. The highest BCUT2D eigenvalue weighted by molar-refractivity contribution is 5.91. The summed E-state index contributed by atoms with van der Waals surface area (Å²) in [7, 11) is 0. The summed E-state index contributed by atoms with van der Waals surface area (Å²) in [5.41, 5.74) is 3.28. The summed E-state index contributed by atoms with van der Waals surface area (Å²) in [6.07, 6.45) is 16.3. The second-order valence-corrected chi connectivity index (χ2v) is 9.21. The summed E-state index contributed by atoms with van der Waals surface area (Å²) in [5, 5.41) is 16.0. The van der Waals surface area contributed by atoms with Crippen LogP contribution in [0.1, 0.15) is 88.2 Å². The SMILES string of the molecule is O=C(C=C1CCCCCC1)N[C@@H](Cc1ccc(CNC2CCCCCC2)cc1)C(=O)O. The molecule has 3 N–H and O–H groups in total. The third kappa shape index (κ3) is 8.48. The van der Waals surface area contributed by atoms with Crippen LogP contribution in [0.25, 0.3) is 0 Å². The number of carboxylic acid groups (broad SMARTS) is 1. The fourth-order valence-corrected chi connectivity index (χ4v) is 4.70. The Bertz CT molecular complexity index is 724. The summed E-state index contributed by atoms with van der Waals surface area (Å²) in [6.45, 7) is 0.845. The van der Waals surface area contributed by atoms with E-state index in [9.17, 15) is 14.7 Å². The van der Waals surface area contributed by atoms with E-state index in [2.05, 4.69) is 22.8 Å². The lowest BCUT2D eigenvalue weighted by Gasteiger charge is -2.17. The Morgan fingerprint density at radius 2 is 1.48 bits per heavy atom. The highest BCUT2D eigenvalue weighted by Gasteiger charge is 2.20. The molecule has 0 heterocycles. The molecule has 3 rings (SSSR count). The Morgan fingerprint density at radius 1 is 0.903 bits per heavy atom. The Balaban J connectivity index is 1.50. The molecule has 2 fully saturated rings. The predicted octanol–water partition coefficient (Wildman–Crippen LogP) is 4.89. The van der Waals surface area contributed by atoms with Crippen LogP contribution < -0.4 is 10.6 Å². The lowest BCUT2D eigenvalue weighted by atomic mass is 10.0. The lowest BCUT2D eigenvalue weighted by molar-refractivity contribution is -0.141. The molecule has 0 radical (unpaired) electrons. The van der Waals surface area contributed by atoms with Crippen molar-refractivity contribution in [2.24, 2.45) is 0 Å². The van der Waals surface area contributed by atoms with E-state index in [-0.39, 0.29) is 5.91 Å². The molecule has 0 aromatic heterocycles. The smallest absolute Gasteiger partial charge is 0.326 e. The van der Waals surface area contributed by atoms with Crippen LogP contribution in [0.2, 0.25) is 0 Å². The van der Waals surface area contributed by atoms with Gasteiger partial charge in [-0.25, -0.2) is 4.79 Å². The van der Waals surface area contributed by atoms with Crippen LogP contribution >= 0.6 is 0 Å². The summed E-state index contributed by atoms with van der Waals surface area (Å²) in [6, 6.07) is 7.79. The number of allylic oxidation sites excluding steroid dienone is 1. The quantitative estimate of drug-likeness (QED) is 0.408. The molecule has 0 bridgehead atoms. The molecule has 2 aliphatic carbocycles. The van der Waals surface area contributed by atoms with Crippen molar-refractivity contribution < 1.29 is 14.7 Å². The van der Waals surface area contributed by atoms with Gasteiger partial charge in [0.25, 0.3) is 0 Å². The molecule has 0 spiro atoms. The maximum absolute atomic E-state index is 12.4. The Labute approximate surface area is 186 Å². The van der Waals surface area contributed by atoms with E-state index in [0.717, 1.165) is 43.4 Å². The number of aliphatic carboxylic acids is 1. The zero-order valence-electron chi connectivity index (χ0n) is 18.7. The van der Waals surface area contributed by atoms with E-state index in [1.807, 2.05) is 12.1 Å². The van der Waals surface area contributed by atoms with E-state index in [0.29, 0.717) is 12.5 Å². The number of amides is 1. The van der Waals surface area contributed by atoms with Crippen molar-refractivity contribution in [3.05, 3.63) is 47.0 Å². The zero-order chi connectivity index (χ0) is 21.9. The molecular weight excluding hydrogens is 388 g/mol. The Kier molecular flexibility index (Phi) is 9.60. The fraction of sp³-hybridized carbons (Fsp3) is 0.615. The van der Waals surface area contributed by atoms with Gasteiger partial charge in [-0.15, -0.1) is 0 Å². The number of nitrogens with one attached hydrogen (secondary N) is 2. The van der Waals surface area contributed by atoms with Crippen LogP contribution in [0.3, 0.4) is 0 Å². The van der Waals surface area contributed by atoms with Gasteiger partial charge in [-0.2, -0.15) is 0 Å². The summed E-state index contributed by atoms with van der Waals surface area (Å²) in [4.78, 5) is 24.1. The summed E-state index contributed by atoms with van der Waals surface area (Å²) in [5.74, 6) is -1.28. The number of rotatable bonds is 8. The predicted molar refractivity (Wildman–Crippen MR) is 124 cm³/mol. The molecule has 31 heavy (non-hydrogen) atoms. The minimum Gasteiger partial charge on any atom is -0.480 e. The Morgan fingerprint density at radius 3 is 2.10 bits per heavy atom. The topological polar surface area (TPSA) is 78.4 Å². The molecule has 0 aliphatic heterocycles. The standard InChI is InChI=1S/C26H38N2O3/c29-25(18-20-9-5-1-2-6-10-20)28-24(26(30)31)17-21-13-15-22(16-14-21)19-27-23-11-7-3-4-8-12-23/h13-16,18,23-24,27H,1-12,17,19H2,(H,28,29)(H,30,31)/t24-/m0/s1. The Hall–Kier alpha value is -2.14. The maximum Gasteiger partial charge on any atom is 0.326 e. The second kappa shape index (κ2) is 12.7. The number of hydrogen-bond donors (Lipinski definition) is 3. The molecule has 1 aromatic rings. The monoisotopic (exact) mass is 426 g/mol. The second-order valence-electron chi connectivity index (χ2n) is 9.21. The molecule has 2 saturated carbocycles. The van der Waals surface area contributed by atoms with E-state index >= 15 is 0 Å². The van der Waals surface area contributed by atoms with Crippen molar-refractivity contribution in [1.29, 1.82) is 0 Å². The number of hydrogen-bond acceptors (Lipinski definition) is 3. The first-order chi connectivity index (χ1) is 15.1. The molecule has 2 aliphatic rings. The van der Waals surface area contributed by atoms with Gasteiger partial charge in [0.05, 0.1) is 0 Å². The molecule has 0 saturated heterocycles. The van der Waals surface area contributed by atoms with Gasteiger partial charge in [-0.05, 0) is 49.7 Å². The largest absolute Gasteiger partial charge is 0.480 e. The van der Waals surface area contributed by atoms with E-state index in [1.54, 1.807) is 6.08 Å². The number of carbonyl (C=O) groups is 2. The lowest BCUT2D eigenvalue weighted by Crippen LogP contribution is -2.41. The average Bonchev–Trinajstić information content (AvgIpc) is 3.18. The zero-order valence-corrected chi connectivity index (χ0v) is 18.7. The van der Waals surface area contributed by atoms with Gasteiger partial charge in [-0.1, -0.05) is 68.4 Å². The molecule has 170 valence electrons. The molecule has 5 heteroatoms. The number of carbonyl (C=O) groups excluding carboxylic acids is 1. The van der Waals surface area contributed by atoms with Gasteiger partial charge < -0.3 is 15.7 Å². The van der Waals surface area contributed by atoms with Crippen molar-refractivity contribution in [1.82, 2.24) is 10.6 Å². The summed E-state index contributed by atoms with van der Waals surface area (Å²) < 4.78 is 0. The first kappa shape index (κ1) is 23.5. The van der Waals surface area contributed by atoms with Crippen LogP contribution in [-0.2, 0) is 22.6 Å². The number of carboxylic acids is 1. The van der Waals surface area contributed by atoms with Crippen molar-refractivity contribution in [3.8, 4) is 0 Å². The number of benzene rings is 1. The van der Waals surface area contributed by atoms with Gasteiger partial charge in [0.1, 0.15) is 6.04 Å². The van der Waals surface area contributed by atoms with Crippen LogP contribution in [0, 0.1) is 0 Å². The molecule has 0 unspecified atom stereocenters. The van der Waals surface area contributed by atoms with Gasteiger partial charge in [0.15, 0.2) is 0 Å². The van der Waals surface area contributed by atoms with E-state index in [1.165, 1.54) is 56.9 Å².